The van der Waals surface area contributed by atoms with Gasteiger partial charge in [0.25, 0.3) is 5.91 Å². The highest BCUT2D eigenvalue weighted by Gasteiger charge is 2.17. The summed E-state index contributed by atoms with van der Waals surface area (Å²) in [5.74, 6) is -0.986. The summed E-state index contributed by atoms with van der Waals surface area (Å²) in [7, 11) is 2.93. The first-order valence-corrected chi connectivity index (χ1v) is 6.20. The molecule has 0 aliphatic heterocycles. The van der Waals surface area contributed by atoms with E-state index in [9.17, 15) is 9.59 Å². The lowest BCUT2D eigenvalue weighted by atomic mass is 10.3. The zero-order valence-electron chi connectivity index (χ0n) is 11.7. The number of hydrogen-bond donors (Lipinski definition) is 1. The van der Waals surface area contributed by atoms with Crippen molar-refractivity contribution in [2.45, 2.75) is 0 Å². The van der Waals surface area contributed by atoms with Crippen molar-refractivity contribution in [3.05, 3.63) is 35.8 Å². The molecule has 3 aromatic rings. The molecule has 0 aliphatic carbocycles. The summed E-state index contributed by atoms with van der Waals surface area (Å²) < 4.78 is 7.46. The lowest BCUT2D eigenvalue weighted by Crippen LogP contribution is -2.13. The van der Waals surface area contributed by atoms with E-state index < -0.39 is 11.9 Å². The first kappa shape index (κ1) is 13.7. The summed E-state index contributed by atoms with van der Waals surface area (Å²) >= 11 is 0. The molecule has 3 heterocycles. The molecular weight excluding hydrogens is 290 g/mol. The molecule has 0 aromatic carbocycles. The van der Waals surface area contributed by atoms with Crippen molar-refractivity contribution in [3.8, 4) is 0 Å². The van der Waals surface area contributed by atoms with E-state index in [0.29, 0.717) is 0 Å². The van der Waals surface area contributed by atoms with Gasteiger partial charge in [0.2, 0.25) is 5.95 Å². The predicted molar refractivity (Wildman–Crippen MR) is 73.3 cm³/mol. The summed E-state index contributed by atoms with van der Waals surface area (Å²) in [6.07, 6.45) is 3.07. The average molecular weight is 301 g/mol. The smallest absolute Gasteiger partial charge is 0.341 e. The minimum Gasteiger partial charge on any atom is -0.465 e. The molecule has 0 bridgehead atoms. The van der Waals surface area contributed by atoms with E-state index in [0.717, 1.165) is 0 Å². The molecule has 10 heteroatoms. The third-order valence-electron chi connectivity index (χ3n) is 2.83. The number of nitrogens with zero attached hydrogens (tertiary/aromatic N) is 6. The predicted octanol–water partition coefficient (Wildman–Crippen LogP) is -0.103. The second-order valence-electron chi connectivity index (χ2n) is 4.35. The lowest BCUT2D eigenvalue weighted by Gasteiger charge is -1.98. The number of aryl methyl sites for hydroxylation is 1. The molecule has 0 saturated carbocycles. The van der Waals surface area contributed by atoms with Gasteiger partial charge in [-0.2, -0.15) is 4.98 Å². The SMILES string of the molecule is COC(=O)c1cccn2nc(NC(=O)c3cn(C)nn3)nc12. The van der Waals surface area contributed by atoms with Crippen molar-refractivity contribution in [1.29, 1.82) is 0 Å². The molecule has 22 heavy (non-hydrogen) atoms. The van der Waals surface area contributed by atoms with Gasteiger partial charge >= 0.3 is 5.97 Å². The maximum absolute atomic E-state index is 12.0. The second kappa shape index (κ2) is 5.24. The molecule has 1 amide bonds. The van der Waals surface area contributed by atoms with Gasteiger partial charge in [0.1, 0.15) is 5.56 Å². The van der Waals surface area contributed by atoms with E-state index in [1.54, 1.807) is 25.4 Å². The number of amides is 1. The molecule has 3 rings (SSSR count). The van der Waals surface area contributed by atoms with Gasteiger partial charge in [-0.25, -0.2) is 9.31 Å². The molecule has 0 fully saturated rings. The van der Waals surface area contributed by atoms with Crippen LogP contribution < -0.4 is 5.32 Å². The van der Waals surface area contributed by atoms with Crippen LogP contribution in [0.5, 0.6) is 0 Å². The van der Waals surface area contributed by atoms with Crippen molar-refractivity contribution < 1.29 is 14.3 Å². The van der Waals surface area contributed by atoms with Gasteiger partial charge in [-0.1, -0.05) is 5.21 Å². The molecule has 0 aliphatic rings. The molecule has 0 radical (unpaired) electrons. The maximum atomic E-state index is 12.0. The fourth-order valence-corrected chi connectivity index (χ4v) is 1.85. The Hall–Kier alpha value is -3.30. The third-order valence-corrected chi connectivity index (χ3v) is 2.83. The van der Waals surface area contributed by atoms with Gasteiger partial charge in [-0.15, -0.1) is 10.2 Å². The summed E-state index contributed by atoms with van der Waals surface area (Å²) in [6, 6.07) is 3.19. The average Bonchev–Trinajstić information content (AvgIpc) is 3.11. The van der Waals surface area contributed by atoms with Crippen molar-refractivity contribution in [3.63, 3.8) is 0 Å². The van der Waals surface area contributed by atoms with Crippen molar-refractivity contribution in [2.75, 3.05) is 12.4 Å². The van der Waals surface area contributed by atoms with Crippen molar-refractivity contribution >= 4 is 23.5 Å². The Balaban J connectivity index is 1.92. The topological polar surface area (TPSA) is 116 Å². The number of methoxy groups -OCH3 is 1. The number of ether oxygens (including phenoxy) is 1. The Bertz CT molecular complexity index is 867. The number of nitrogens with one attached hydrogen (secondary N) is 1. The van der Waals surface area contributed by atoms with Crippen LogP contribution in [0, 0.1) is 0 Å². The zero-order valence-corrected chi connectivity index (χ0v) is 11.7. The zero-order chi connectivity index (χ0) is 15.7. The summed E-state index contributed by atoms with van der Waals surface area (Å²) in [5, 5.41) is 13.9. The number of rotatable bonds is 3. The number of esters is 1. The van der Waals surface area contributed by atoms with Crippen LogP contribution in [0.4, 0.5) is 5.95 Å². The summed E-state index contributed by atoms with van der Waals surface area (Å²) in [4.78, 5) is 27.8. The third kappa shape index (κ3) is 2.37. The van der Waals surface area contributed by atoms with Gasteiger partial charge in [0, 0.05) is 13.2 Å². The Morgan fingerprint density at radius 3 is 2.86 bits per heavy atom. The number of hydrogen-bond acceptors (Lipinski definition) is 7. The standard InChI is InChI=1S/C12H11N7O3/c1-18-6-8(15-17-18)10(20)14-12-13-9-7(11(21)22-2)4-3-5-19(9)16-12/h3-6H,1-2H3,(H,14,16,20). The fourth-order valence-electron chi connectivity index (χ4n) is 1.85. The Kier molecular flexibility index (Phi) is 3.26. The van der Waals surface area contributed by atoms with Gasteiger partial charge in [-0.3, -0.25) is 14.8 Å². The number of aromatic nitrogens is 6. The molecule has 0 atom stereocenters. The van der Waals surface area contributed by atoms with Crippen molar-refractivity contribution in [1.82, 2.24) is 29.6 Å². The van der Waals surface area contributed by atoms with Crippen LogP contribution in [0.1, 0.15) is 20.8 Å². The van der Waals surface area contributed by atoms with Gasteiger partial charge in [0.15, 0.2) is 11.3 Å². The Morgan fingerprint density at radius 2 is 2.18 bits per heavy atom. The van der Waals surface area contributed by atoms with Crippen LogP contribution in [-0.4, -0.2) is 48.6 Å². The van der Waals surface area contributed by atoms with Crippen LogP contribution >= 0.6 is 0 Å². The number of carbonyl (C=O) groups excluding carboxylic acids is 2. The molecule has 0 spiro atoms. The van der Waals surface area contributed by atoms with E-state index in [2.05, 4.69) is 30.4 Å². The first-order valence-electron chi connectivity index (χ1n) is 6.20. The molecule has 0 unspecified atom stereocenters. The fraction of sp³-hybridized carbons (Fsp3) is 0.167. The van der Waals surface area contributed by atoms with Crippen LogP contribution in [0.3, 0.4) is 0 Å². The normalized spacial score (nSPS) is 10.6. The highest BCUT2D eigenvalue weighted by Crippen LogP contribution is 2.12. The van der Waals surface area contributed by atoms with Gasteiger partial charge in [-0.05, 0) is 12.1 Å². The number of pyridine rings is 1. The molecular formula is C12H11N7O3. The summed E-state index contributed by atoms with van der Waals surface area (Å²) in [5.41, 5.74) is 0.663. The Labute approximate surface area is 123 Å². The largest absolute Gasteiger partial charge is 0.465 e. The maximum Gasteiger partial charge on any atom is 0.341 e. The van der Waals surface area contributed by atoms with Crippen LogP contribution in [0.25, 0.3) is 5.65 Å². The molecule has 3 aromatic heterocycles. The number of anilines is 1. The highest BCUT2D eigenvalue weighted by atomic mass is 16.5. The van der Waals surface area contributed by atoms with Crippen LogP contribution in [0.2, 0.25) is 0 Å². The lowest BCUT2D eigenvalue weighted by molar-refractivity contribution is 0.0602. The van der Waals surface area contributed by atoms with Gasteiger partial charge < -0.3 is 4.74 Å². The minimum absolute atomic E-state index is 0.0482. The highest BCUT2D eigenvalue weighted by molar-refractivity contribution is 6.02. The van der Waals surface area contributed by atoms with Crippen LogP contribution in [0.15, 0.2) is 24.5 Å². The molecule has 112 valence electrons. The van der Waals surface area contributed by atoms with Crippen LogP contribution in [-0.2, 0) is 11.8 Å². The van der Waals surface area contributed by atoms with E-state index >= 15 is 0 Å². The molecule has 0 saturated heterocycles. The summed E-state index contributed by atoms with van der Waals surface area (Å²) in [6.45, 7) is 0. The quantitative estimate of drug-likeness (QED) is 0.671. The number of carbonyl (C=O) groups is 2. The number of fused-ring (bicyclic) bond motifs is 1. The van der Waals surface area contributed by atoms with Gasteiger partial charge in [0.05, 0.1) is 13.3 Å². The first-order chi connectivity index (χ1) is 10.6. The van der Waals surface area contributed by atoms with E-state index in [1.165, 1.54) is 22.5 Å². The molecule has 1 N–H and O–H groups in total. The monoisotopic (exact) mass is 301 g/mol. The molecule has 10 nitrogen and oxygen atoms in total. The van der Waals surface area contributed by atoms with E-state index in [4.69, 9.17) is 0 Å². The second-order valence-corrected chi connectivity index (χ2v) is 4.35. The van der Waals surface area contributed by atoms with Crippen molar-refractivity contribution in [2.24, 2.45) is 7.05 Å². The minimum atomic E-state index is -0.537. The van der Waals surface area contributed by atoms with E-state index in [1.807, 2.05) is 0 Å². The van der Waals surface area contributed by atoms with E-state index in [-0.39, 0.29) is 22.9 Å². The Morgan fingerprint density at radius 1 is 1.36 bits per heavy atom.